The summed E-state index contributed by atoms with van der Waals surface area (Å²) in [5, 5.41) is 4.80. The summed E-state index contributed by atoms with van der Waals surface area (Å²) in [6.45, 7) is 7.38. The number of rotatable bonds is 2. The van der Waals surface area contributed by atoms with Crippen LogP contribution in [-0.4, -0.2) is 30.1 Å². The maximum absolute atomic E-state index is 6.22. The minimum atomic E-state index is 0.529. The first-order valence-corrected chi connectivity index (χ1v) is 6.74. The van der Waals surface area contributed by atoms with Gasteiger partial charge in [0.05, 0.1) is 10.0 Å². The molecule has 0 spiro atoms. The topological polar surface area (TPSA) is 15.3 Å². The first-order chi connectivity index (χ1) is 8.08. The monoisotopic (exact) mass is 272 g/mol. The smallest absolute Gasteiger partial charge is 0.0637 e. The molecule has 4 heteroatoms. The van der Waals surface area contributed by atoms with E-state index >= 15 is 0 Å². The molecule has 1 saturated heterocycles. The fourth-order valence-electron chi connectivity index (χ4n) is 2.21. The highest BCUT2D eigenvalue weighted by Gasteiger charge is 2.22. The molecule has 0 radical (unpaired) electrons. The summed E-state index contributed by atoms with van der Waals surface area (Å²) in [6, 6.07) is 6.90. The Morgan fingerprint density at radius 3 is 2.88 bits per heavy atom. The molecule has 17 heavy (non-hydrogen) atoms. The van der Waals surface area contributed by atoms with E-state index in [9.17, 15) is 0 Å². The van der Waals surface area contributed by atoms with Gasteiger partial charge >= 0.3 is 0 Å². The van der Waals surface area contributed by atoms with Crippen LogP contribution in [0.1, 0.15) is 19.4 Å². The maximum atomic E-state index is 6.22. The van der Waals surface area contributed by atoms with Crippen LogP contribution in [0.4, 0.5) is 0 Å². The molecule has 2 rings (SSSR count). The number of halogens is 2. The normalized spacial score (nSPS) is 26.1. The molecule has 1 fully saturated rings. The van der Waals surface area contributed by atoms with Crippen LogP contribution in [-0.2, 0) is 6.54 Å². The van der Waals surface area contributed by atoms with Crippen molar-refractivity contribution in [2.45, 2.75) is 32.5 Å². The van der Waals surface area contributed by atoms with Crippen molar-refractivity contribution in [1.29, 1.82) is 0 Å². The molecule has 2 nitrogen and oxygen atoms in total. The third kappa shape index (κ3) is 3.14. The molecule has 1 aromatic carbocycles. The lowest BCUT2D eigenvalue weighted by Gasteiger charge is -2.37. The second-order valence-electron chi connectivity index (χ2n) is 4.80. The molecule has 1 aliphatic heterocycles. The Bertz CT molecular complexity index is 395. The second kappa shape index (κ2) is 5.57. The van der Waals surface area contributed by atoms with Gasteiger partial charge < -0.3 is 5.32 Å². The van der Waals surface area contributed by atoms with E-state index in [1.165, 1.54) is 0 Å². The van der Waals surface area contributed by atoms with Crippen molar-refractivity contribution in [3.8, 4) is 0 Å². The zero-order valence-corrected chi connectivity index (χ0v) is 11.7. The highest BCUT2D eigenvalue weighted by atomic mass is 35.5. The van der Waals surface area contributed by atoms with E-state index in [0.29, 0.717) is 22.1 Å². The molecule has 0 amide bonds. The first kappa shape index (κ1) is 13.2. The standard InChI is InChI=1S/C13H18Cl2N2/c1-9-7-17(10(2)6-16-9)8-11-4-3-5-12(14)13(11)15/h3-5,9-10,16H,6-8H2,1-2H3. The van der Waals surface area contributed by atoms with Gasteiger partial charge in [0.25, 0.3) is 0 Å². The lowest BCUT2D eigenvalue weighted by atomic mass is 10.1. The summed E-state index contributed by atoms with van der Waals surface area (Å²) < 4.78 is 0. The molecule has 0 aromatic heterocycles. The van der Waals surface area contributed by atoms with Crippen molar-refractivity contribution in [2.24, 2.45) is 0 Å². The van der Waals surface area contributed by atoms with Crippen molar-refractivity contribution >= 4 is 23.2 Å². The number of hydrogen-bond donors (Lipinski definition) is 1. The van der Waals surface area contributed by atoms with E-state index in [-0.39, 0.29) is 0 Å². The van der Waals surface area contributed by atoms with Gasteiger partial charge in [-0.15, -0.1) is 0 Å². The van der Waals surface area contributed by atoms with Gasteiger partial charge in [0.15, 0.2) is 0 Å². The Kier molecular flexibility index (Phi) is 4.31. The molecular formula is C13H18Cl2N2. The fourth-order valence-corrected chi connectivity index (χ4v) is 2.59. The number of nitrogens with zero attached hydrogens (tertiary/aromatic N) is 1. The van der Waals surface area contributed by atoms with Crippen molar-refractivity contribution in [3.63, 3.8) is 0 Å². The molecular weight excluding hydrogens is 255 g/mol. The lowest BCUT2D eigenvalue weighted by Crippen LogP contribution is -2.53. The molecule has 1 aromatic rings. The zero-order chi connectivity index (χ0) is 12.4. The Balaban J connectivity index is 2.11. The molecule has 94 valence electrons. The first-order valence-electron chi connectivity index (χ1n) is 5.98. The third-order valence-electron chi connectivity index (χ3n) is 3.30. The van der Waals surface area contributed by atoms with Gasteiger partial charge in [-0.3, -0.25) is 4.90 Å². The number of nitrogens with one attached hydrogen (secondary N) is 1. The summed E-state index contributed by atoms with van der Waals surface area (Å²) in [6.07, 6.45) is 0. The van der Waals surface area contributed by atoms with Crippen molar-refractivity contribution < 1.29 is 0 Å². The van der Waals surface area contributed by atoms with Crippen LogP contribution < -0.4 is 5.32 Å². The van der Waals surface area contributed by atoms with Crippen LogP contribution in [0.5, 0.6) is 0 Å². The van der Waals surface area contributed by atoms with Gasteiger partial charge in [0.1, 0.15) is 0 Å². The Morgan fingerprint density at radius 2 is 2.12 bits per heavy atom. The van der Waals surface area contributed by atoms with Crippen molar-refractivity contribution in [3.05, 3.63) is 33.8 Å². The van der Waals surface area contributed by atoms with Crippen LogP contribution in [0.25, 0.3) is 0 Å². The Hall–Kier alpha value is -0.280. The molecule has 0 bridgehead atoms. The van der Waals surface area contributed by atoms with Gasteiger partial charge in [-0.1, -0.05) is 35.3 Å². The molecule has 2 atom stereocenters. The summed E-state index contributed by atoms with van der Waals surface area (Å²) in [5.41, 5.74) is 1.11. The van der Waals surface area contributed by atoms with Crippen molar-refractivity contribution in [1.82, 2.24) is 10.2 Å². The average Bonchev–Trinajstić information content (AvgIpc) is 2.30. The third-order valence-corrected chi connectivity index (χ3v) is 4.16. The summed E-state index contributed by atoms with van der Waals surface area (Å²) in [5.74, 6) is 0. The quantitative estimate of drug-likeness (QED) is 0.890. The van der Waals surface area contributed by atoms with Gasteiger partial charge in [-0.25, -0.2) is 0 Å². The van der Waals surface area contributed by atoms with Crippen LogP contribution >= 0.6 is 23.2 Å². The minimum Gasteiger partial charge on any atom is -0.311 e. The minimum absolute atomic E-state index is 0.529. The maximum Gasteiger partial charge on any atom is 0.0637 e. The largest absolute Gasteiger partial charge is 0.311 e. The van der Waals surface area contributed by atoms with E-state index in [1.54, 1.807) is 0 Å². The SMILES string of the molecule is CC1CN(Cc2cccc(Cl)c2Cl)C(C)CN1. The molecule has 1 aliphatic rings. The second-order valence-corrected chi connectivity index (χ2v) is 5.59. The van der Waals surface area contributed by atoms with E-state index in [0.717, 1.165) is 25.2 Å². The highest BCUT2D eigenvalue weighted by Crippen LogP contribution is 2.27. The van der Waals surface area contributed by atoms with E-state index in [4.69, 9.17) is 23.2 Å². The van der Waals surface area contributed by atoms with Crippen LogP contribution in [0.3, 0.4) is 0 Å². The molecule has 2 unspecified atom stereocenters. The number of benzene rings is 1. The van der Waals surface area contributed by atoms with Gasteiger partial charge in [0.2, 0.25) is 0 Å². The van der Waals surface area contributed by atoms with Gasteiger partial charge in [-0.05, 0) is 25.5 Å². The van der Waals surface area contributed by atoms with E-state index in [2.05, 4.69) is 24.1 Å². The Labute approximate surface area is 113 Å². The lowest BCUT2D eigenvalue weighted by molar-refractivity contribution is 0.139. The number of hydrogen-bond acceptors (Lipinski definition) is 2. The predicted molar refractivity (Wildman–Crippen MR) is 73.8 cm³/mol. The summed E-state index contributed by atoms with van der Waals surface area (Å²) in [7, 11) is 0. The molecule has 0 saturated carbocycles. The molecule has 1 heterocycles. The predicted octanol–water partition coefficient (Wildman–Crippen LogP) is 3.18. The van der Waals surface area contributed by atoms with E-state index < -0.39 is 0 Å². The highest BCUT2D eigenvalue weighted by molar-refractivity contribution is 6.42. The molecule has 0 aliphatic carbocycles. The Morgan fingerprint density at radius 1 is 1.35 bits per heavy atom. The molecule has 1 N–H and O–H groups in total. The van der Waals surface area contributed by atoms with Crippen LogP contribution in [0.15, 0.2) is 18.2 Å². The summed E-state index contributed by atoms with van der Waals surface area (Å²) in [4.78, 5) is 2.44. The van der Waals surface area contributed by atoms with E-state index in [1.807, 2.05) is 18.2 Å². The summed E-state index contributed by atoms with van der Waals surface area (Å²) >= 11 is 12.3. The fraction of sp³-hybridized carbons (Fsp3) is 0.538. The number of piperazine rings is 1. The van der Waals surface area contributed by atoms with Crippen LogP contribution in [0.2, 0.25) is 10.0 Å². The van der Waals surface area contributed by atoms with Crippen molar-refractivity contribution in [2.75, 3.05) is 13.1 Å². The van der Waals surface area contributed by atoms with Crippen LogP contribution in [0, 0.1) is 0 Å². The van der Waals surface area contributed by atoms with Gasteiger partial charge in [0, 0.05) is 31.7 Å². The van der Waals surface area contributed by atoms with Gasteiger partial charge in [-0.2, -0.15) is 0 Å². The zero-order valence-electron chi connectivity index (χ0n) is 10.2. The average molecular weight is 273 g/mol.